The standard InChI is InChI=1S/C14H26N2OS/c1-9(2)14-16-12(5)13(18-14)11(4)15-8-10(3)6-7-17/h9-11,15,17H,6-8H2,1-5H3. The van der Waals surface area contributed by atoms with E-state index < -0.39 is 0 Å². The summed E-state index contributed by atoms with van der Waals surface area (Å²) in [5, 5.41) is 13.6. The second-order valence-corrected chi connectivity index (χ2v) is 6.47. The molecule has 0 saturated carbocycles. The van der Waals surface area contributed by atoms with Crippen LogP contribution in [0, 0.1) is 12.8 Å². The molecule has 2 atom stereocenters. The molecule has 0 aliphatic carbocycles. The number of hydrogen-bond acceptors (Lipinski definition) is 4. The van der Waals surface area contributed by atoms with Gasteiger partial charge in [-0.05, 0) is 32.7 Å². The number of hydrogen-bond donors (Lipinski definition) is 2. The predicted molar refractivity (Wildman–Crippen MR) is 78.2 cm³/mol. The van der Waals surface area contributed by atoms with Gasteiger partial charge in [-0.3, -0.25) is 0 Å². The summed E-state index contributed by atoms with van der Waals surface area (Å²) in [6.07, 6.45) is 0.860. The summed E-state index contributed by atoms with van der Waals surface area (Å²) in [5.41, 5.74) is 1.15. The van der Waals surface area contributed by atoms with Gasteiger partial charge in [0.1, 0.15) is 0 Å². The molecule has 1 aromatic heterocycles. The van der Waals surface area contributed by atoms with Crippen LogP contribution in [-0.4, -0.2) is 23.2 Å². The summed E-state index contributed by atoms with van der Waals surface area (Å²) in [5.74, 6) is 1.01. The third kappa shape index (κ3) is 4.34. The summed E-state index contributed by atoms with van der Waals surface area (Å²) in [7, 11) is 0. The van der Waals surface area contributed by atoms with E-state index in [1.165, 1.54) is 9.88 Å². The van der Waals surface area contributed by atoms with Crippen LogP contribution >= 0.6 is 11.3 Å². The minimum atomic E-state index is 0.272. The largest absolute Gasteiger partial charge is 0.396 e. The summed E-state index contributed by atoms with van der Waals surface area (Å²) >= 11 is 1.82. The van der Waals surface area contributed by atoms with Gasteiger partial charge in [-0.25, -0.2) is 4.98 Å². The van der Waals surface area contributed by atoms with E-state index in [1.807, 2.05) is 11.3 Å². The molecule has 1 rings (SSSR count). The molecular weight excluding hydrogens is 244 g/mol. The Morgan fingerprint density at radius 2 is 1.94 bits per heavy atom. The molecule has 0 radical (unpaired) electrons. The van der Waals surface area contributed by atoms with Crippen LogP contribution in [0.3, 0.4) is 0 Å². The monoisotopic (exact) mass is 270 g/mol. The molecule has 1 aromatic rings. The lowest BCUT2D eigenvalue weighted by Gasteiger charge is -2.16. The number of nitrogens with zero attached hydrogens (tertiary/aromatic N) is 1. The highest BCUT2D eigenvalue weighted by Gasteiger charge is 2.16. The molecular formula is C14H26N2OS. The molecule has 0 aromatic carbocycles. The third-order valence-corrected chi connectivity index (χ3v) is 4.77. The number of aliphatic hydroxyl groups is 1. The molecule has 0 bridgehead atoms. The SMILES string of the molecule is Cc1nc(C(C)C)sc1C(C)NCC(C)CCO. The molecule has 0 aliphatic heterocycles. The zero-order valence-corrected chi connectivity index (χ0v) is 13.0. The van der Waals surface area contributed by atoms with Gasteiger partial charge in [-0.2, -0.15) is 0 Å². The topological polar surface area (TPSA) is 45.2 Å². The van der Waals surface area contributed by atoms with E-state index in [-0.39, 0.29) is 6.61 Å². The Morgan fingerprint density at radius 3 is 2.44 bits per heavy atom. The van der Waals surface area contributed by atoms with Crippen molar-refractivity contribution in [3.8, 4) is 0 Å². The predicted octanol–water partition coefficient (Wildman–Crippen LogP) is 3.24. The van der Waals surface area contributed by atoms with E-state index >= 15 is 0 Å². The van der Waals surface area contributed by atoms with Crippen molar-refractivity contribution in [1.82, 2.24) is 10.3 Å². The van der Waals surface area contributed by atoms with Crippen LogP contribution < -0.4 is 5.32 Å². The summed E-state index contributed by atoms with van der Waals surface area (Å²) in [6, 6.07) is 0.344. The van der Waals surface area contributed by atoms with Gasteiger partial charge in [-0.15, -0.1) is 11.3 Å². The zero-order valence-electron chi connectivity index (χ0n) is 12.2. The molecule has 18 heavy (non-hydrogen) atoms. The molecule has 1 heterocycles. The van der Waals surface area contributed by atoms with Gasteiger partial charge in [0, 0.05) is 23.4 Å². The van der Waals surface area contributed by atoms with Gasteiger partial charge in [0.25, 0.3) is 0 Å². The Bertz CT molecular complexity index is 363. The van der Waals surface area contributed by atoms with Crippen molar-refractivity contribution in [1.29, 1.82) is 0 Å². The molecule has 0 saturated heterocycles. The summed E-state index contributed by atoms with van der Waals surface area (Å²) in [6.45, 7) is 12.0. The lowest BCUT2D eigenvalue weighted by molar-refractivity contribution is 0.258. The molecule has 0 fully saturated rings. The van der Waals surface area contributed by atoms with E-state index in [2.05, 4.69) is 44.9 Å². The number of aliphatic hydroxyl groups excluding tert-OH is 1. The molecule has 4 heteroatoms. The first-order valence-corrected chi connectivity index (χ1v) is 7.58. The van der Waals surface area contributed by atoms with Crippen molar-refractivity contribution in [3.63, 3.8) is 0 Å². The van der Waals surface area contributed by atoms with Gasteiger partial charge in [-0.1, -0.05) is 20.8 Å². The van der Waals surface area contributed by atoms with Gasteiger partial charge in [0.15, 0.2) is 0 Å². The fraction of sp³-hybridized carbons (Fsp3) is 0.786. The Kier molecular flexibility index (Phi) is 6.26. The fourth-order valence-corrected chi connectivity index (χ4v) is 2.97. The minimum absolute atomic E-state index is 0.272. The molecule has 0 aliphatic rings. The Morgan fingerprint density at radius 1 is 1.28 bits per heavy atom. The van der Waals surface area contributed by atoms with Gasteiger partial charge in [0.2, 0.25) is 0 Å². The van der Waals surface area contributed by atoms with Crippen molar-refractivity contribution >= 4 is 11.3 Å². The average molecular weight is 270 g/mol. The normalized spacial score (nSPS) is 15.1. The van der Waals surface area contributed by atoms with E-state index in [1.54, 1.807) is 0 Å². The molecule has 3 nitrogen and oxygen atoms in total. The maximum atomic E-state index is 8.89. The van der Waals surface area contributed by atoms with E-state index in [0.29, 0.717) is 17.9 Å². The molecule has 0 amide bonds. The first-order valence-electron chi connectivity index (χ1n) is 6.77. The molecule has 2 N–H and O–H groups in total. The highest BCUT2D eigenvalue weighted by atomic mass is 32.1. The first-order chi connectivity index (χ1) is 8.45. The van der Waals surface area contributed by atoms with Crippen LogP contribution in [0.1, 0.15) is 61.7 Å². The maximum absolute atomic E-state index is 8.89. The quantitative estimate of drug-likeness (QED) is 0.799. The number of rotatable bonds is 7. The molecule has 104 valence electrons. The zero-order chi connectivity index (χ0) is 13.7. The van der Waals surface area contributed by atoms with Gasteiger partial charge < -0.3 is 10.4 Å². The van der Waals surface area contributed by atoms with Crippen molar-refractivity contribution in [2.75, 3.05) is 13.2 Å². The molecule has 0 spiro atoms. The number of nitrogens with one attached hydrogen (secondary N) is 1. The van der Waals surface area contributed by atoms with Crippen LogP contribution in [0.2, 0.25) is 0 Å². The number of aryl methyl sites for hydroxylation is 1. The highest BCUT2D eigenvalue weighted by molar-refractivity contribution is 7.11. The first kappa shape index (κ1) is 15.6. The van der Waals surface area contributed by atoms with Crippen LogP contribution in [0.4, 0.5) is 0 Å². The van der Waals surface area contributed by atoms with Gasteiger partial charge in [0.05, 0.1) is 10.7 Å². The fourth-order valence-electron chi connectivity index (χ4n) is 1.87. The Balaban J connectivity index is 2.58. The van der Waals surface area contributed by atoms with E-state index in [0.717, 1.165) is 18.7 Å². The van der Waals surface area contributed by atoms with Crippen LogP contribution in [0.15, 0.2) is 0 Å². The van der Waals surface area contributed by atoms with Crippen LogP contribution in [-0.2, 0) is 0 Å². The maximum Gasteiger partial charge on any atom is 0.0956 e. The van der Waals surface area contributed by atoms with Crippen molar-refractivity contribution in [2.45, 2.75) is 53.0 Å². The van der Waals surface area contributed by atoms with Crippen LogP contribution in [0.25, 0.3) is 0 Å². The third-order valence-electron chi connectivity index (χ3n) is 3.13. The summed E-state index contributed by atoms with van der Waals surface area (Å²) in [4.78, 5) is 5.98. The Hall–Kier alpha value is -0.450. The van der Waals surface area contributed by atoms with E-state index in [9.17, 15) is 0 Å². The Labute approximate surface area is 115 Å². The smallest absolute Gasteiger partial charge is 0.0956 e. The summed E-state index contributed by atoms with van der Waals surface area (Å²) < 4.78 is 0. The average Bonchev–Trinajstić information content (AvgIpc) is 2.69. The lowest BCUT2D eigenvalue weighted by atomic mass is 10.1. The number of thiazole rings is 1. The molecule has 2 unspecified atom stereocenters. The van der Waals surface area contributed by atoms with Crippen molar-refractivity contribution in [2.24, 2.45) is 5.92 Å². The second kappa shape index (κ2) is 7.22. The van der Waals surface area contributed by atoms with Crippen molar-refractivity contribution < 1.29 is 5.11 Å². The van der Waals surface area contributed by atoms with Crippen LogP contribution in [0.5, 0.6) is 0 Å². The minimum Gasteiger partial charge on any atom is -0.396 e. The lowest BCUT2D eigenvalue weighted by Crippen LogP contribution is -2.24. The van der Waals surface area contributed by atoms with Crippen molar-refractivity contribution in [3.05, 3.63) is 15.6 Å². The number of aromatic nitrogens is 1. The second-order valence-electron chi connectivity index (χ2n) is 5.40. The van der Waals surface area contributed by atoms with Gasteiger partial charge >= 0.3 is 0 Å². The van der Waals surface area contributed by atoms with E-state index in [4.69, 9.17) is 5.11 Å². The highest BCUT2D eigenvalue weighted by Crippen LogP contribution is 2.29.